The van der Waals surface area contributed by atoms with Crippen molar-refractivity contribution in [3.05, 3.63) is 94.8 Å². The van der Waals surface area contributed by atoms with Gasteiger partial charge in [-0.05, 0) is 67.6 Å². The molecule has 0 radical (unpaired) electrons. The van der Waals surface area contributed by atoms with Crippen molar-refractivity contribution in [3.63, 3.8) is 0 Å². The minimum Gasteiger partial charge on any atom is -0.494 e. The highest BCUT2D eigenvalue weighted by molar-refractivity contribution is 6.31. The fourth-order valence-corrected chi connectivity index (χ4v) is 3.85. The Hall–Kier alpha value is -2.78. The Balaban J connectivity index is 1.37. The van der Waals surface area contributed by atoms with E-state index in [2.05, 4.69) is 59.2 Å². The molecule has 3 nitrogen and oxygen atoms in total. The molecule has 0 unspecified atom stereocenters. The molecule has 4 heteroatoms. The van der Waals surface area contributed by atoms with Gasteiger partial charge in [0.1, 0.15) is 11.6 Å². The zero-order valence-corrected chi connectivity index (χ0v) is 18.1. The zero-order chi connectivity index (χ0) is 20.8. The zero-order valence-electron chi connectivity index (χ0n) is 17.4. The molecule has 0 saturated carbocycles. The van der Waals surface area contributed by atoms with Crippen molar-refractivity contribution in [1.29, 1.82) is 0 Å². The van der Waals surface area contributed by atoms with Gasteiger partial charge in [-0.1, -0.05) is 54.1 Å². The Kier molecular flexibility index (Phi) is 6.70. The smallest absolute Gasteiger partial charge is 0.119 e. The molecule has 0 spiro atoms. The number of aryl methyl sites for hydroxylation is 4. The topological polar surface area (TPSA) is 27.1 Å². The summed E-state index contributed by atoms with van der Waals surface area (Å²) in [6.07, 6.45) is 3.99. The number of rotatable bonds is 9. The SMILES string of the molecule is Cc1cc(OCCCCn2c(CCc3ccccc3)nc3ccccc32)ccc1Cl. The summed E-state index contributed by atoms with van der Waals surface area (Å²) in [5, 5.41) is 0.775. The number of imidazole rings is 1. The first-order valence-electron chi connectivity index (χ1n) is 10.6. The fraction of sp³-hybridized carbons (Fsp3) is 0.269. The van der Waals surface area contributed by atoms with Crippen LogP contribution in [-0.2, 0) is 19.4 Å². The summed E-state index contributed by atoms with van der Waals surface area (Å²) in [5.41, 5.74) is 4.69. The summed E-state index contributed by atoms with van der Waals surface area (Å²) in [5.74, 6) is 2.04. The molecule has 0 N–H and O–H groups in total. The Bertz CT molecular complexity index is 1100. The normalized spacial score (nSPS) is 11.1. The average molecular weight is 419 g/mol. The summed E-state index contributed by atoms with van der Waals surface area (Å²) in [7, 11) is 0. The Morgan fingerprint density at radius 3 is 2.53 bits per heavy atom. The third kappa shape index (κ3) is 5.03. The lowest BCUT2D eigenvalue weighted by molar-refractivity contribution is 0.303. The maximum absolute atomic E-state index is 6.08. The van der Waals surface area contributed by atoms with E-state index in [-0.39, 0.29) is 0 Å². The number of halogens is 1. The third-order valence-electron chi connectivity index (χ3n) is 5.39. The van der Waals surface area contributed by atoms with E-state index < -0.39 is 0 Å². The van der Waals surface area contributed by atoms with Crippen molar-refractivity contribution in [2.24, 2.45) is 0 Å². The van der Waals surface area contributed by atoms with Crippen LogP contribution in [0.4, 0.5) is 0 Å². The van der Waals surface area contributed by atoms with E-state index in [0.29, 0.717) is 6.61 Å². The number of nitrogens with zero attached hydrogens (tertiary/aromatic N) is 2. The number of hydrogen-bond acceptors (Lipinski definition) is 2. The van der Waals surface area contributed by atoms with Crippen molar-refractivity contribution in [2.75, 3.05) is 6.61 Å². The highest BCUT2D eigenvalue weighted by Gasteiger charge is 2.10. The summed E-state index contributed by atoms with van der Waals surface area (Å²) in [6, 6.07) is 24.9. The molecule has 0 bridgehead atoms. The molecule has 0 aliphatic rings. The second-order valence-electron chi connectivity index (χ2n) is 7.62. The lowest BCUT2D eigenvalue weighted by atomic mass is 10.1. The standard InChI is InChI=1S/C26H27ClN2O/c1-20-19-22(14-15-23(20)27)30-18-8-7-17-29-25-12-6-5-11-24(25)28-26(29)16-13-21-9-3-2-4-10-21/h2-6,9-12,14-15,19H,7-8,13,16-18H2,1H3. The minimum absolute atomic E-state index is 0.701. The molecule has 0 saturated heterocycles. The van der Waals surface area contributed by atoms with Gasteiger partial charge >= 0.3 is 0 Å². The van der Waals surface area contributed by atoms with Crippen molar-refractivity contribution in [2.45, 2.75) is 39.2 Å². The first-order valence-corrected chi connectivity index (χ1v) is 11.0. The summed E-state index contributed by atoms with van der Waals surface area (Å²) < 4.78 is 8.28. The molecule has 0 fully saturated rings. The molecule has 4 aromatic rings. The van der Waals surface area contributed by atoms with E-state index in [9.17, 15) is 0 Å². The van der Waals surface area contributed by atoms with Crippen LogP contribution in [0.3, 0.4) is 0 Å². The number of benzene rings is 3. The number of para-hydroxylation sites is 2. The quantitative estimate of drug-likeness (QED) is 0.285. The number of fused-ring (bicyclic) bond motifs is 1. The molecule has 0 amide bonds. The fourth-order valence-electron chi connectivity index (χ4n) is 3.74. The van der Waals surface area contributed by atoms with E-state index in [0.717, 1.165) is 59.9 Å². The lowest BCUT2D eigenvalue weighted by Crippen LogP contribution is -2.07. The van der Waals surface area contributed by atoms with Gasteiger partial charge in [-0.25, -0.2) is 4.98 Å². The Labute approximate surface area is 183 Å². The highest BCUT2D eigenvalue weighted by atomic mass is 35.5. The summed E-state index contributed by atoms with van der Waals surface area (Å²) >= 11 is 6.08. The van der Waals surface area contributed by atoms with E-state index >= 15 is 0 Å². The number of aromatic nitrogens is 2. The van der Waals surface area contributed by atoms with Crippen LogP contribution >= 0.6 is 11.6 Å². The van der Waals surface area contributed by atoms with Crippen LogP contribution in [0.15, 0.2) is 72.8 Å². The highest BCUT2D eigenvalue weighted by Crippen LogP contribution is 2.22. The van der Waals surface area contributed by atoms with Gasteiger partial charge in [0.15, 0.2) is 0 Å². The van der Waals surface area contributed by atoms with Gasteiger partial charge in [0, 0.05) is 18.0 Å². The third-order valence-corrected chi connectivity index (χ3v) is 5.81. The first-order chi connectivity index (χ1) is 14.7. The predicted molar refractivity (Wildman–Crippen MR) is 125 cm³/mol. The molecule has 0 atom stereocenters. The van der Waals surface area contributed by atoms with Gasteiger partial charge in [-0.3, -0.25) is 0 Å². The largest absolute Gasteiger partial charge is 0.494 e. The van der Waals surface area contributed by atoms with Crippen LogP contribution in [0.1, 0.15) is 29.8 Å². The van der Waals surface area contributed by atoms with E-state index in [1.165, 1.54) is 11.1 Å². The number of hydrogen-bond donors (Lipinski definition) is 0. The Morgan fingerprint density at radius 1 is 0.900 bits per heavy atom. The van der Waals surface area contributed by atoms with Crippen molar-refractivity contribution in [1.82, 2.24) is 9.55 Å². The molecule has 1 aromatic heterocycles. The van der Waals surface area contributed by atoms with Gasteiger partial charge in [0.05, 0.1) is 17.6 Å². The molecule has 154 valence electrons. The monoisotopic (exact) mass is 418 g/mol. The summed E-state index contributed by atoms with van der Waals surface area (Å²) in [4.78, 5) is 4.91. The van der Waals surface area contributed by atoms with Crippen LogP contribution in [0, 0.1) is 6.92 Å². The molecule has 4 rings (SSSR count). The first kappa shape index (κ1) is 20.5. The second-order valence-corrected chi connectivity index (χ2v) is 8.03. The molecular formula is C26H27ClN2O. The second kappa shape index (κ2) is 9.82. The summed E-state index contributed by atoms with van der Waals surface area (Å²) in [6.45, 7) is 3.65. The van der Waals surface area contributed by atoms with Gasteiger partial charge in [-0.2, -0.15) is 0 Å². The van der Waals surface area contributed by atoms with Crippen molar-refractivity contribution in [3.8, 4) is 5.75 Å². The van der Waals surface area contributed by atoms with E-state index in [1.807, 2.05) is 25.1 Å². The minimum atomic E-state index is 0.701. The molecular weight excluding hydrogens is 392 g/mol. The Morgan fingerprint density at radius 2 is 1.70 bits per heavy atom. The van der Waals surface area contributed by atoms with Crippen LogP contribution < -0.4 is 4.74 Å². The van der Waals surface area contributed by atoms with Gasteiger partial charge in [0.2, 0.25) is 0 Å². The van der Waals surface area contributed by atoms with E-state index in [1.54, 1.807) is 0 Å². The van der Waals surface area contributed by atoms with Gasteiger partial charge < -0.3 is 9.30 Å². The van der Waals surface area contributed by atoms with Crippen molar-refractivity contribution < 1.29 is 4.74 Å². The molecule has 30 heavy (non-hydrogen) atoms. The van der Waals surface area contributed by atoms with E-state index in [4.69, 9.17) is 21.3 Å². The van der Waals surface area contributed by atoms with Crippen LogP contribution in [0.25, 0.3) is 11.0 Å². The van der Waals surface area contributed by atoms with Gasteiger partial charge in [0.25, 0.3) is 0 Å². The average Bonchev–Trinajstić information content (AvgIpc) is 3.13. The maximum atomic E-state index is 6.08. The number of ether oxygens (including phenoxy) is 1. The van der Waals surface area contributed by atoms with Crippen LogP contribution in [-0.4, -0.2) is 16.2 Å². The predicted octanol–water partition coefficient (Wildman–Crippen LogP) is 6.64. The van der Waals surface area contributed by atoms with Crippen LogP contribution in [0.5, 0.6) is 5.75 Å². The van der Waals surface area contributed by atoms with Crippen molar-refractivity contribution >= 4 is 22.6 Å². The molecule has 0 aliphatic heterocycles. The van der Waals surface area contributed by atoms with Gasteiger partial charge in [-0.15, -0.1) is 0 Å². The molecule has 3 aromatic carbocycles. The number of unbranched alkanes of at least 4 members (excludes halogenated alkanes) is 1. The molecule has 1 heterocycles. The van der Waals surface area contributed by atoms with Crippen LogP contribution in [0.2, 0.25) is 5.02 Å². The maximum Gasteiger partial charge on any atom is 0.119 e. The molecule has 0 aliphatic carbocycles. The lowest BCUT2D eigenvalue weighted by Gasteiger charge is -2.11.